The number of nitrogens with zero attached hydrogens (tertiary/aromatic N) is 2. The van der Waals surface area contributed by atoms with E-state index >= 15 is 0 Å². The maximum Gasteiger partial charge on any atom is 0.269 e. The van der Waals surface area contributed by atoms with Crippen LogP contribution in [-0.2, 0) is 0 Å². The zero-order chi connectivity index (χ0) is 13.5. The summed E-state index contributed by atoms with van der Waals surface area (Å²) in [6.07, 6.45) is 1.65. The van der Waals surface area contributed by atoms with Crippen LogP contribution in [0.3, 0.4) is 0 Å². The van der Waals surface area contributed by atoms with Crippen molar-refractivity contribution in [3.63, 3.8) is 0 Å². The molecule has 1 unspecified atom stereocenters. The smallest absolute Gasteiger partial charge is 0.269 e. The summed E-state index contributed by atoms with van der Waals surface area (Å²) >= 11 is 0. The summed E-state index contributed by atoms with van der Waals surface area (Å²) in [6, 6.07) is 4.06. The molecule has 0 saturated carbocycles. The maximum atomic E-state index is 11.6. The highest BCUT2D eigenvalue weighted by Gasteiger charge is 2.07. The average molecular weight is 250 g/mol. The molecule has 5 nitrogen and oxygen atoms in total. The Morgan fingerprint density at radius 2 is 2.22 bits per heavy atom. The van der Waals surface area contributed by atoms with Crippen molar-refractivity contribution in [2.45, 2.75) is 19.9 Å². The van der Waals surface area contributed by atoms with Crippen LogP contribution in [0, 0.1) is 0 Å². The first-order valence-corrected chi connectivity index (χ1v) is 6.19. The van der Waals surface area contributed by atoms with Gasteiger partial charge in [-0.1, -0.05) is 0 Å². The zero-order valence-electron chi connectivity index (χ0n) is 11.5. The van der Waals surface area contributed by atoms with Crippen LogP contribution < -0.4 is 10.6 Å². The largest absolute Gasteiger partial charge is 0.383 e. The van der Waals surface area contributed by atoms with Gasteiger partial charge >= 0.3 is 0 Å². The Bertz CT molecular complexity index is 392. The molecule has 0 spiro atoms. The van der Waals surface area contributed by atoms with Crippen molar-refractivity contribution in [2.75, 3.05) is 32.5 Å². The van der Waals surface area contributed by atoms with E-state index in [0.717, 1.165) is 12.2 Å². The molecule has 1 heterocycles. The Labute approximate surface area is 109 Å². The van der Waals surface area contributed by atoms with Crippen LogP contribution in [0.1, 0.15) is 24.3 Å². The molecule has 1 atom stereocenters. The van der Waals surface area contributed by atoms with E-state index in [4.69, 9.17) is 0 Å². The lowest BCUT2D eigenvalue weighted by Gasteiger charge is -2.20. The molecule has 0 aliphatic rings. The molecule has 0 aliphatic heterocycles. The lowest BCUT2D eigenvalue weighted by Crippen LogP contribution is -2.31. The summed E-state index contributed by atoms with van der Waals surface area (Å²) in [5, 5.41) is 6.04. The number of nitrogens with one attached hydrogen (secondary N) is 2. The van der Waals surface area contributed by atoms with Crippen LogP contribution in [0.2, 0.25) is 0 Å². The molecule has 0 aromatic carbocycles. The van der Waals surface area contributed by atoms with E-state index in [1.54, 1.807) is 12.3 Å². The molecule has 0 saturated heterocycles. The third kappa shape index (κ3) is 4.33. The molecule has 5 heteroatoms. The van der Waals surface area contributed by atoms with Crippen LogP contribution in [-0.4, -0.2) is 49.0 Å². The number of likely N-dealkylation sites (N-methyl/N-ethyl adjacent to an activating group) is 1. The zero-order valence-corrected chi connectivity index (χ0v) is 11.5. The molecule has 0 aliphatic carbocycles. The minimum atomic E-state index is -0.137. The van der Waals surface area contributed by atoms with Crippen LogP contribution >= 0.6 is 0 Å². The Balaban J connectivity index is 2.62. The highest BCUT2D eigenvalue weighted by Crippen LogP contribution is 2.08. The Kier molecular flexibility index (Phi) is 5.58. The molecule has 1 rings (SSSR count). The van der Waals surface area contributed by atoms with E-state index in [1.165, 1.54) is 0 Å². The molecule has 1 aromatic heterocycles. The molecule has 100 valence electrons. The highest BCUT2D eigenvalue weighted by atomic mass is 16.1. The summed E-state index contributed by atoms with van der Waals surface area (Å²) < 4.78 is 0. The number of carbonyl (C=O) groups excluding carboxylic acids is 1. The molecule has 0 fully saturated rings. The second kappa shape index (κ2) is 6.96. The molecular formula is C13H22N4O. The predicted molar refractivity (Wildman–Crippen MR) is 73.9 cm³/mol. The standard InChI is InChI=1S/C13H22N4O/c1-5-14-13(18)12-8-11(6-7-15-12)16-9-10(2)17(3)4/h6-8,10H,5,9H2,1-4H3,(H,14,18)(H,15,16). The predicted octanol–water partition coefficient (Wildman–Crippen LogP) is 1.19. The normalized spacial score (nSPS) is 12.3. The van der Waals surface area contributed by atoms with Crippen LogP contribution in [0.25, 0.3) is 0 Å². The third-order valence-electron chi connectivity index (χ3n) is 2.81. The number of hydrogen-bond donors (Lipinski definition) is 2. The van der Waals surface area contributed by atoms with Gasteiger partial charge < -0.3 is 15.5 Å². The molecule has 2 N–H and O–H groups in total. The van der Waals surface area contributed by atoms with Gasteiger partial charge in [0.1, 0.15) is 5.69 Å². The number of aromatic nitrogens is 1. The van der Waals surface area contributed by atoms with Gasteiger partial charge in [0, 0.05) is 31.0 Å². The first-order chi connectivity index (χ1) is 8.54. The van der Waals surface area contributed by atoms with Gasteiger partial charge in [0.25, 0.3) is 5.91 Å². The number of pyridine rings is 1. The fourth-order valence-electron chi connectivity index (χ4n) is 1.36. The van der Waals surface area contributed by atoms with Crippen molar-refractivity contribution in [2.24, 2.45) is 0 Å². The minimum absolute atomic E-state index is 0.137. The summed E-state index contributed by atoms with van der Waals surface area (Å²) in [6.45, 7) is 5.46. The van der Waals surface area contributed by atoms with Crippen LogP contribution in [0.5, 0.6) is 0 Å². The van der Waals surface area contributed by atoms with Crippen molar-refractivity contribution in [3.05, 3.63) is 24.0 Å². The van der Waals surface area contributed by atoms with Gasteiger partial charge in [0.05, 0.1) is 0 Å². The molecule has 0 bridgehead atoms. The first-order valence-electron chi connectivity index (χ1n) is 6.19. The maximum absolute atomic E-state index is 11.6. The van der Waals surface area contributed by atoms with E-state index in [-0.39, 0.29) is 5.91 Å². The SMILES string of the molecule is CCNC(=O)c1cc(NCC(C)N(C)C)ccn1. The van der Waals surface area contributed by atoms with E-state index < -0.39 is 0 Å². The first kappa shape index (κ1) is 14.4. The van der Waals surface area contributed by atoms with Crippen molar-refractivity contribution in [1.82, 2.24) is 15.2 Å². The number of amides is 1. The van der Waals surface area contributed by atoms with E-state index in [0.29, 0.717) is 18.3 Å². The summed E-state index contributed by atoms with van der Waals surface area (Å²) in [7, 11) is 4.08. The minimum Gasteiger partial charge on any atom is -0.383 e. The Morgan fingerprint density at radius 1 is 1.50 bits per heavy atom. The van der Waals surface area contributed by atoms with Gasteiger partial charge in [-0.05, 0) is 40.1 Å². The number of anilines is 1. The van der Waals surface area contributed by atoms with Crippen LogP contribution in [0.15, 0.2) is 18.3 Å². The van der Waals surface area contributed by atoms with Crippen molar-refractivity contribution in [3.8, 4) is 0 Å². The van der Waals surface area contributed by atoms with Gasteiger partial charge in [0.2, 0.25) is 0 Å². The number of hydrogen-bond acceptors (Lipinski definition) is 4. The van der Waals surface area contributed by atoms with Gasteiger partial charge in [-0.2, -0.15) is 0 Å². The highest BCUT2D eigenvalue weighted by molar-refractivity contribution is 5.93. The third-order valence-corrected chi connectivity index (χ3v) is 2.81. The molecule has 1 amide bonds. The summed E-state index contributed by atoms with van der Waals surface area (Å²) in [5.41, 5.74) is 1.36. The van der Waals surface area contributed by atoms with Crippen molar-refractivity contribution in [1.29, 1.82) is 0 Å². The molecule has 1 aromatic rings. The Morgan fingerprint density at radius 3 is 2.83 bits per heavy atom. The average Bonchev–Trinajstić information content (AvgIpc) is 2.36. The lowest BCUT2D eigenvalue weighted by atomic mass is 10.2. The fraction of sp³-hybridized carbons (Fsp3) is 0.538. The van der Waals surface area contributed by atoms with Crippen LogP contribution in [0.4, 0.5) is 5.69 Å². The number of carbonyl (C=O) groups is 1. The van der Waals surface area contributed by atoms with Gasteiger partial charge in [-0.3, -0.25) is 9.78 Å². The van der Waals surface area contributed by atoms with Gasteiger partial charge in [-0.25, -0.2) is 0 Å². The second-order valence-electron chi connectivity index (χ2n) is 4.48. The summed E-state index contributed by atoms with van der Waals surface area (Å²) in [5.74, 6) is -0.137. The van der Waals surface area contributed by atoms with Gasteiger partial charge in [0.15, 0.2) is 0 Å². The van der Waals surface area contributed by atoms with Crippen molar-refractivity contribution < 1.29 is 4.79 Å². The monoisotopic (exact) mass is 250 g/mol. The van der Waals surface area contributed by atoms with Crippen molar-refractivity contribution >= 4 is 11.6 Å². The molecular weight excluding hydrogens is 228 g/mol. The van der Waals surface area contributed by atoms with E-state index in [2.05, 4.69) is 27.4 Å². The Hall–Kier alpha value is -1.62. The van der Waals surface area contributed by atoms with E-state index in [9.17, 15) is 4.79 Å². The lowest BCUT2D eigenvalue weighted by molar-refractivity contribution is 0.0951. The van der Waals surface area contributed by atoms with Gasteiger partial charge in [-0.15, -0.1) is 0 Å². The molecule has 0 radical (unpaired) electrons. The second-order valence-corrected chi connectivity index (χ2v) is 4.48. The topological polar surface area (TPSA) is 57.3 Å². The molecule has 18 heavy (non-hydrogen) atoms. The number of rotatable bonds is 6. The van der Waals surface area contributed by atoms with E-state index in [1.807, 2.05) is 27.1 Å². The quantitative estimate of drug-likeness (QED) is 0.796. The summed E-state index contributed by atoms with van der Waals surface area (Å²) in [4.78, 5) is 17.8. The fourth-order valence-corrected chi connectivity index (χ4v) is 1.36.